The van der Waals surface area contributed by atoms with E-state index in [9.17, 15) is 9.59 Å². The van der Waals surface area contributed by atoms with Crippen LogP contribution in [0.5, 0.6) is 0 Å². The third kappa shape index (κ3) is 6.27. The Morgan fingerprint density at radius 2 is 2.14 bits per heavy atom. The highest BCUT2D eigenvalue weighted by Crippen LogP contribution is 2.28. The lowest BCUT2D eigenvalue weighted by molar-refractivity contribution is -0.132. The lowest BCUT2D eigenvalue weighted by Gasteiger charge is -2.16. The number of nitrogens with two attached hydrogens (primary N) is 1. The van der Waals surface area contributed by atoms with Crippen LogP contribution in [-0.4, -0.2) is 42.6 Å². The Morgan fingerprint density at radius 3 is 2.81 bits per heavy atom. The van der Waals surface area contributed by atoms with Crippen LogP contribution in [0.3, 0.4) is 0 Å². The molecule has 21 heavy (non-hydrogen) atoms. The van der Waals surface area contributed by atoms with Crippen LogP contribution >= 0.6 is 23.4 Å². The molecule has 7 heteroatoms. The molecule has 0 heterocycles. The highest BCUT2D eigenvalue weighted by atomic mass is 35.5. The van der Waals surface area contributed by atoms with Crippen molar-refractivity contribution in [2.24, 2.45) is 0 Å². The smallest absolute Gasteiger partial charge is 0.239 e. The van der Waals surface area contributed by atoms with Gasteiger partial charge >= 0.3 is 0 Å². The molecular formula is C14H20ClN3O2S. The fourth-order valence-electron chi connectivity index (χ4n) is 1.51. The van der Waals surface area contributed by atoms with Crippen molar-refractivity contribution in [2.75, 3.05) is 31.6 Å². The molecule has 3 N–H and O–H groups in total. The molecule has 0 aliphatic heterocycles. The molecule has 0 aliphatic carbocycles. The topological polar surface area (TPSA) is 75.4 Å². The molecule has 5 nitrogen and oxygen atoms in total. The molecule has 0 fully saturated rings. The van der Waals surface area contributed by atoms with Gasteiger partial charge in [0.05, 0.1) is 12.3 Å². The van der Waals surface area contributed by atoms with Crippen LogP contribution in [0, 0.1) is 0 Å². The third-order valence-corrected chi connectivity index (χ3v) is 4.00. The number of likely N-dealkylation sites (N-methyl/N-ethyl adjacent to an activating group) is 1. The van der Waals surface area contributed by atoms with E-state index in [2.05, 4.69) is 5.32 Å². The van der Waals surface area contributed by atoms with Crippen LogP contribution in [-0.2, 0) is 9.59 Å². The third-order valence-electron chi connectivity index (χ3n) is 2.71. The number of nitrogens with zero attached hydrogens (tertiary/aromatic N) is 1. The Kier molecular flexibility index (Phi) is 7.39. The van der Waals surface area contributed by atoms with Gasteiger partial charge in [-0.2, -0.15) is 0 Å². The quantitative estimate of drug-likeness (QED) is 0.592. The Balaban J connectivity index is 2.45. The Labute approximate surface area is 134 Å². The maximum atomic E-state index is 12.0. The lowest BCUT2D eigenvalue weighted by atomic mass is 10.3. The molecule has 2 amide bonds. The average Bonchev–Trinajstić information content (AvgIpc) is 2.45. The summed E-state index contributed by atoms with van der Waals surface area (Å²) in [6.45, 7) is 2.65. The van der Waals surface area contributed by atoms with Crippen molar-refractivity contribution >= 4 is 40.9 Å². The highest BCUT2D eigenvalue weighted by Gasteiger charge is 2.13. The summed E-state index contributed by atoms with van der Waals surface area (Å²) < 4.78 is 0. The predicted octanol–water partition coefficient (Wildman–Crippen LogP) is 2.00. The fourth-order valence-corrected chi connectivity index (χ4v) is 2.69. The van der Waals surface area contributed by atoms with Gasteiger partial charge < -0.3 is 16.0 Å². The summed E-state index contributed by atoms with van der Waals surface area (Å²) in [5.41, 5.74) is 6.40. The van der Waals surface area contributed by atoms with Crippen LogP contribution in [0.4, 0.5) is 5.69 Å². The molecule has 0 aromatic heterocycles. The first kappa shape index (κ1) is 17.7. The van der Waals surface area contributed by atoms with Crippen molar-refractivity contribution in [3.8, 4) is 0 Å². The molecule has 1 aromatic carbocycles. The van der Waals surface area contributed by atoms with Gasteiger partial charge in [-0.3, -0.25) is 9.59 Å². The number of rotatable bonds is 7. The Hall–Kier alpha value is -1.40. The van der Waals surface area contributed by atoms with Gasteiger partial charge in [-0.1, -0.05) is 18.5 Å². The number of benzene rings is 1. The number of thioether (sulfide) groups is 1. The zero-order valence-electron chi connectivity index (χ0n) is 12.2. The maximum absolute atomic E-state index is 12.0. The van der Waals surface area contributed by atoms with E-state index in [0.717, 1.165) is 11.3 Å². The zero-order valence-corrected chi connectivity index (χ0v) is 13.8. The van der Waals surface area contributed by atoms with Crippen molar-refractivity contribution in [1.29, 1.82) is 0 Å². The van der Waals surface area contributed by atoms with Crippen molar-refractivity contribution in [3.63, 3.8) is 0 Å². The summed E-state index contributed by atoms with van der Waals surface area (Å²) >= 11 is 7.21. The number of anilines is 1. The summed E-state index contributed by atoms with van der Waals surface area (Å²) in [5, 5.41) is 3.31. The van der Waals surface area contributed by atoms with E-state index in [1.165, 1.54) is 16.7 Å². The van der Waals surface area contributed by atoms with Gasteiger partial charge in [0.25, 0.3) is 0 Å². The first-order valence-corrected chi connectivity index (χ1v) is 7.99. The molecule has 0 saturated heterocycles. The van der Waals surface area contributed by atoms with E-state index in [1.54, 1.807) is 25.2 Å². The molecule has 0 bridgehead atoms. The zero-order chi connectivity index (χ0) is 15.8. The molecule has 0 radical (unpaired) electrons. The standard InChI is InChI=1S/C14H20ClN3O2S/c1-3-6-17-13(19)8-18(2)14(20)9-21-12-7-10(15)4-5-11(12)16/h4-5,7H,3,6,8-9,16H2,1-2H3,(H,17,19). The highest BCUT2D eigenvalue weighted by molar-refractivity contribution is 8.00. The molecule has 0 spiro atoms. The second kappa shape index (κ2) is 8.79. The first-order chi connectivity index (χ1) is 9.93. The Morgan fingerprint density at radius 1 is 1.43 bits per heavy atom. The van der Waals surface area contributed by atoms with Crippen LogP contribution in [0.2, 0.25) is 5.02 Å². The van der Waals surface area contributed by atoms with Crippen molar-refractivity contribution < 1.29 is 9.59 Å². The van der Waals surface area contributed by atoms with Crippen molar-refractivity contribution in [3.05, 3.63) is 23.2 Å². The van der Waals surface area contributed by atoms with E-state index in [0.29, 0.717) is 17.3 Å². The van der Waals surface area contributed by atoms with Gasteiger partial charge in [0, 0.05) is 29.2 Å². The van der Waals surface area contributed by atoms with E-state index < -0.39 is 0 Å². The van der Waals surface area contributed by atoms with Crippen LogP contribution in [0.1, 0.15) is 13.3 Å². The van der Waals surface area contributed by atoms with E-state index in [1.807, 2.05) is 6.92 Å². The molecule has 0 atom stereocenters. The fraction of sp³-hybridized carbons (Fsp3) is 0.429. The second-order valence-electron chi connectivity index (χ2n) is 4.57. The van der Waals surface area contributed by atoms with Crippen molar-refractivity contribution in [2.45, 2.75) is 18.2 Å². The molecule has 116 valence electrons. The number of hydrogen-bond donors (Lipinski definition) is 2. The number of amides is 2. The molecule has 0 aliphatic rings. The van der Waals surface area contributed by atoms with Gasteiger partial charge in [0.15, 0.2) is 0 Å². The van der Waals surface area contributed by atoms with E-state index >= 15 is 0 Å². The first-order valence-electron chi connectivity index (χ1n) is 6.62. The number of halogens is 1. The maximum Gasteiger partial charge on any atom is 0.239 e. The van der Waals surface area contributed by atoms with Crippen LogP contribution < -0.4 is 11.1 Å². The number of hydrogen-bond acceptors (Lipinski definition) is 4. The van der Waals surface area contributed by atoms with E-state index in [4.69, 9.17) is 17.3 Å². The second-order valence-corrected chi connectivity index (χ2v) is 6.02. The summed E-state index contributed by atoms with van der Waals surface area (Å²) in [4.78, 5) is 25.7. The average molecular weight is 330 g/mol. The molecule has 0 unspecified atom stereocenters. The van der Waals surface area contributed by atoms with Gasteiger partial charge in [-0.05, 0) is 24.6 Å². The molecule has 1 rings (SSSR count). The number of nitrogens with one attached hydrogen (secondary N) is 1. The summed E-state index contributed by atoms with van der Waals surface area (Å²) in [5.74, 6) is -0.0757. The van der Waals surface area contributed by atoms with Gasteiger partial charge in [0.2, 0.25) is 11.8 Å². The Bertz CT molecular complexity index is 511. The lowest BCUT2D eigenvalue weighted by Crippen LogP contribution is -2.39. The van der Waals surface area contributed by atoms with Gasteiger partial charge in [-0.15, -0.1) is 11.8 Å². The van der Waals surface area contributed by atoms with Gasteiger partial charge in [0.1, 0.15) is 0 Å². The largest absolute Gasteiger partial charge is 0.398 e. The SMILES string of the molecule is CCCNC(=O)CN(C)C(=O)CSc1cc(Cl)ccc1N. The normalized spacial score (nSPS) is 10.2. The minimum Gasteiger partial charge on any atom is -0.398 e. The van der Waals surface area contributed by atoms with Crippen LogP contribution in [0.25, 0.3) is 0 Å². The summed E-state index contributed by atoms with van der Waals surface area (Å²) in [6, 6.07) is 5.13. The number of carbonyl (C=O) groups excluding carboxylic acids is 2. The van der Waals surface area contributed by atoms with Gasteiger partial charge in [-0.25, -0.2) is 0 Å². The molecular weight excluding hydrogens is 310 g/mol. The predicted molar refractivity (Wildman–Crippen MR) is 87.5 cm³/mol. The minimum atomic E-state index is -0.153. The molecule has 1 aromatic rings. The summed E-state index contributed by atoms with van der Waals surface area (Å²) in [7, 11) is 1.61. The summed E-state index contributed by atoms with van der Waals surface area (Å²) in [6.07, 6.45) is 0.868. The van der Waals surface area contributed by atoms with Crippen LogP contribution in [0.15, 0.2) is 23.1 Å². The number of nitrogen functional groups attached to an aromatic ring is 1. The molecule has 0 saturated carbocycles. The monoisotopic (exact) mass is 329 g/mol. The van der Waals surface area contributed by atoms with Crippen molar-refractivity contribution in [1.82, 2.24) is 10.2 Å². The minimum absolute atomic E-state index is 0.0599. The number of carbonyl (C=O) groups is 2. The van der Waals surface area contributed by atoms with E-state index in [-0.39, 0.29) is 24.1 Å².